The molecule has 0 aliphatic carbocycles. The van der Waals surface area contributed by atoms with Gasteiger partial charge in [-0.15, -0.1) is 6.58 Å². The van der Waals surface area contributed by atoms with Crippen LogP contribution >= 0.6 is 0 Å². The molecule has 0 unspecified atom stereocenters. The molecule has 3 rings (SSSR count). The first-order valence-corrected chi connectivity index (χ1v) is 12.6. The third-order valence-corrected chi connectivity index (χ3v) is 5.67. The molecule has 0 fully saturated rings. The van der Waals surface area contributed by atoms with Crippen LogP contribution in [0.2, 0.25) is 0 Å². The maximum absolute atomic E-state index is 6.08. The lowest BCUT2D eigenvalue weighted by atomic mass is 10.2. The van der Waals surface area contributed by atoms with Gasteiger partial charge in [-0.05, 0) is 79.8 Å². The van der Waals surface area contributed by atoms with Gasteiger partial charge in [-0.25, -0.2) is 9.97 Å². The Morgan fingerprint density at radius 1 is 1.17 bits per heavy atom. The van der Waals surface area contributed by atoms with Crippen molar-refractivity contribution in [1.82, 2.24) is 23.8 Å². The van der Waals surface area contributed by atoms with E-state index in [4.69, 9.17) is 10.4 Å². The average molecular weight is 491 g/mol. The fraction of sp³-hybridized carbons (Fsp3) is 0.433. The number of nitrogens with zero attached hydrogens (tertiary/aromatic N) is 5. The molecule has 3 heterocycles. The van der Waals surface area contributed by atoms with E-state index in [2.05, 4.69) is 92.7 Å². The maximum Gasteiger partial charge on any atom is 0.221 e. The van der Waals surface area contributed by atoms with E-state index in [0.29, 0.717) is 0 Å². The fourth-order valence-electron chi connectivity index (χ4n) is 3.95. The summed E-state index contributed by atoms with van der Waals surface area (Å²) >= 11 is 0. The van der Waals surface area contributed by atoms with Gasteiger partial charge < -0.3 is 5.41 Å². The van der Waals surface area contributed by atoms with E-state index in [1.54, 1.807) is 6.92 Å². The SMILES string of the molecule is C=C(C)C=C(C)C.C=CCN(C)Cc1c(CC)nc2n(/C(C)=C(/C)CC)c3ncccc3n12.CC=N. The number of allylic oxidation sites excluding steroid dienone is 5. The lowest BCUT2D eigenvalue weighted by Crippen LogP contribution is -2.19. The Labute approximate surface area is 218 Å². The number of imidazole rings is 2. The Hall–Kier alpha value is -3.25. The molecule has 0 aliphatic rings. The van der Waals surface area contributed by atoms with Crippen molar-refractivity contribution >= 4 is 28.9 Å². The Kier molecular flexibility index (Phi) is 12.8. The minimum atomic E-state index is 0.833. The van der Waals surface area contributed by atoms with E-state index < -0.39 is 0 Å². The van der Waals surface area contributed by atoms with E-state index in [1.165, 1.54) is 28.8 Å². The Bertz CT molecular complexity index is 1230. The summed E-state index contributed by atoms with van der Waals surface area (Å²) in [5, 5.41) is 6.08. The standard InChI is InChI=1S/C21H29N5.C7H12.C2H5N/c1-7-13-24(6)14-19-17(9-3)23-21-25(16(5)15(4)8-2)20-18(26(19)21)11-10-12-22-20;1-6(2)5-7(3)4;1-2-3/h7,10-12H,1,8-9,13-14H2,2-6H3;5H,1H2,2-4H3;2-3H,1H3/b16-15-;;. The van der Waals surface area contributed by atoms with Crippen molar-refractivity contribution in [2.45, 2.75) is 74.8 Å². The first kappa shape index (κ1) is 30.8. The van der Waals surface area contributed by atoms with Crippen LogP contribution in [0, 0.1) is 5.41 Å². The van der Waals surface area contributed by atoms with E-state index in [1.807, 2.05) is 25.3 Å². The average Bonchev–Trinajstić information content (AvgIpc) is 3.32. The number of hydrogen-bond donors (Lipinski definition) is 1. The Morgan fingerprint density at radius 3 is 2.28 bits per heavy atom. The van der Waals surface area contributed by atoms with Gasteiger partial charge in [0.2, 0.25) is 5.78 Å². The smallest absolute Gasteiger partial charge is 0.221 e. The van der Waals surface area contributed by atoms with Crippen molar-refractivity contribution in [2.75, 3.05) is 13.6 Å². The normalized spacial score (nSPS) is 11.3. The molecule has 0 atom stereocenters. The van der Waals surface area contributed by atoms with Gasteiger partial charge in [-0.3, -0.25) is 13.9 Å². The molecule has 0 spiro atoms. The number of aryl methyl sites for hydroxylation is 1. The second kappa shape index (κ2) is 15.0. The molecule has 0 aliphatic heterocycles. The number of pyridine rings is 1. The molecule has 6 nitrogen and oxygen atoms in total. The summed E-state index contributed by atoms with van der Waals surface area (Å²) in [6.07, 6.45) is 9.03. The van der Waals surface area contributed by atoms with Crippen LogP contribution in [0.5, 0.6) is 0 Å². The van der Waals surface area contributed by atoms with Crippen LogP contribution in [0.3, 0.4) is 0 Å². The molecule has 3 aromatic heterocycles. The number of fused-ring (bicyclic) bond motifs is 3. The summed E-state index contributed by atoms with van der Waals surface area (Å²) in [4.78, 5) is 12.0. The summed E-state index contributed by atoms with van der Waals surface area (Å²) < 4.78 is 4.50. The van der Waals surface area contributed by atoms with Crippen LogP contribution in [0.25, 0.3) is 22.6 Å². The monoisotopic (exact) mass is 490 g/mol. The second-order valence-corrected chi connectivity index (χ2v) is 9.24. The maximum atomic E-state index is 6.08. The lowest BCUT2D eigenvalue weighted by Gasteiger charge is -2.14. The molecule has 6 heteroatoms. The Morgan fingerprint density at radius 2 is 1.81 bits per heavy atom. The lowest BCUT2D eigenvalue weighted by molar-refractivity contribution is 0.357. The van der Waals surface area contributed by atoms with Crippen molar-refractivity contribution in [3.05, 3.63) is 71.7 Å². The first-order valence-electron chi connectivity index (χ1n) is 12.6. The van der Waals surface area contributed by atoms with Crippen molar-refractivity contribution in [1.29, 1.82) is 5.41 Å². The quantitative estimate of drug-likeness (QED) is 0.200. The predicted molar refractivity (Wildman–Crippen MR) is 158 cm³/mol. The number of rotatable bonds is 8. The van der Waals surface area contributed by atoms with E-state index in [0.717, 1.165) is 54.1 Å². The van der Waals surface area contributed by atoms with Gasteiger partial charge in [-0.1, -0.05) is 49.3 Å². The van der Waals surface area contributed by atoms with E-state index in [-0.39, 0.29) is 0 Å². The van der Waals surface area contributed by atoms with Gasteiger partial charge in [0.15, 0.2) is 5.65 Å². The van der Waals surface area contributed by atoms with Gasteiger partial charge in [0, 0.05) is 25.0 Å². The fourth-order valence-corrected chi connectivity index (χ4v) is 3.95. The minimum Gasteiger partial charge on any atom is -0.313 e. The number of nitrogens with one attached hydrogen (secondary N) is 1. The largest absolute Gasteiger partial charge is 0.313 e. The Balaban J connectivity index is 0.000000552. The molecule has 0 saturated heterocycles. The van der Waals surface area contributed by atoms with Crippen LogP contribution in [0.15, 0.2) is 60.4 Å². The highest BCUT2D eigenvalue weighted by Crippen LogP contribution is 2.28. The second-order valence-electron chi connectivity index (χ2n) is 9.24. The zero-order valence-corrected chi connectivity index (χ0v) is 23.9. The highest BCUT2D eigenvalue weighted by atomic mass is 15.3. The van der Waals surface area contributed by atoms with Gasteiger partial charge in [0.1, 0.15) is 0 Å². The van der Waals surface area contributed by atoms with Gasteiger partial charge in [0.05, 0.1) is 16.9 Å². The molecule has 0 bridgehead atoms. The van der Waals surface area contributed by atoms with E-state index in [9.17, 15) is 0 Å². The summed E-state index contributed by atoms with van der Waals surface area (Å²) in [5.41, 5.74) is 9.47. The van der Waals surface area contributed by atoms with Gasteiger partial charge >= 0.3 is 0 Å². The van der Waals surface area contributed by atoms with Crippen molar-refractivity contribution < 1.29 is 0 Å². The predicted octanol–water partition coefficient (Wildman–Crippen LogP) is 7.71. The molecule has 0 amide bonds. The summed E-state index contributed by atoms with van der Waals surface area (Å²) in [5.74, 6) is 0.961. The summed E-state index contributed by atoms with van der Waals surface area (Å²) in [6, 6.07) is 4.14. The topological polar surface area (TPSA) is 62.2 Å². The molecule has 196 valence electrons. The molecule has 0 radical (unpaired) electrons. The molecular formula is C30H46N6. The van der Waals surface area contributed by atoms with Crippen molar-refractivity contribution in [3.63, 3.8) is 0 Å². The molecule has 0 aromatic carbocycles. The van der Waals surface area contributed by atoms with Crippen LogP contribution < -0.4 is 0 Å². The molecule has 3 aromatic rings. The first-order chi connectivity index (χ1) is 17.1. The number of likely N-dealkylation sites (N-methyl/N-ethyl adjacent to an activating group) is 1. The van der Waals surface area contributed by atoms with E-state index >= 15 is 0 Å². The highest BCUT2D eigenvalue weighted by molar-refractivity contribution is 5.83. The van der Waals surface area contributed by atoms with Crippen molar-refractivity contribution in [3.8, 4) is 0 Å². The van der Waals surface area contributed by atoms with Crippen LogP contribution in [-0.4, -0.2) is 43.6 Å². The third-order valence-electron chi connectivity index (χ3n) is 5.67. The molecule has 1 N–H and O–H groups in total. The summed E-state index contributed by atoms with van der Waals surface area (Å²) in [6.45, 7) is 25.8. The van der Waals surface area contributed by atoms with Gasteiger partial charge in [0.25, 0.3) is 0 Å². The highest BCUT2D eigenvalue weighted by Gasteiger charge is 2.21. The number of aromatic nitrogens is 4. The number of hydrogen-bond acceptors (Lipinski definition) is 4. The van der Waals surface area contributed by atoms with Crippen LogP contribution in [0.4, 0.5) is 0 Å². The zero-order chi connectivity index (χ0) is 27.4. The third kappa shape index (κ3) is 7.89. The summed E-state index contributed by atoms with van der Waals surface area (Å²) in [7, 11) is 2.12. The van der Waals surface area contributed by atoms with Crippen LogP contribution in [0.1, 0.15) is 73.2 Å². The molecule has 36 heavy (non-hydrogen) atoms. The molecule has 0 saturated carbocycles. The van der Waals surface area contributed by atoms with Crippen LogP contribution in [-0.2, 0) is 13.0 Å². The van der Waals surface area contributed by atoms with Crippen molar-refractivity contribution in [2.24, 2.45) is 0 Å². The minimum absolute atomic E-state index is 0.833. The van der Waals surface area contributed by atoms with Gasteiger partial charge in [-0.2, -0.15) is 0 Å². The zero-order valence-electron chi connectivity index (χ0n) is 23.9. The molecular weight excluding hydrogens is 444 g/mol.